The second-order valence-electron chi connectivity index (χ2n) is 8.92. The molecule has 3 nitrogen and oxygen atoms in total. The van der Waals surface area contributed by atoms with Crippen LogP contribution in [0, 0.1) is 0 Å². The predicted octanol–water partition coefficient (Wildman–Crippen LogP) is 9.29. The first-order valence-electron chi connectivity index (χ1n) is 12.0. The van der Waals surface area contributed by atoms with Crippen molar-refractivity contribution in [2.75, 3.05) is 0 Å². The molecule has 4 aromatic rings. The maximum Gasteiger partial charge on any atom is 0.417 e. The lowest BCUT2D eigenvalue weighted by molar-refractivity contribution is -0.140. The lowest BCUT2D eigenvalue weighted by Crippen LogP contribution is -2.18. The normalized spacial score (nSPS) is 13.6. The number of nitrogens with zero attached hydrogens (tertiary/aromatic N) is 2. The smallest absolute Gasteiger partial charge is 0.298 e. The van der Waals surface area contributed by atoms with Crippen molar-refractivity contribution in [3.8, 4) is 0 Å². The molecule has 0 fully saturated rings. The Balaban J connectivity index is 1.61. The quantitative estimate of drug-likeness (QED) is 0.191. The molecule has 2 aromatic heterocycles. The summed E-state index contributed by atoms with van der Waals surface area (Å²) in [7, 11) is 0. The molecule has 0 spiro atoms. The van der Waals surface area contributed by atoms with Gasteiger partial charge in [0.15, 0.2) is 0 Å². The largest absolute Gasteiger partial charge is 0.417 e. The Labute approximate surface area is 235 Å². The van der Waals surface area contributed by atoms with E-state index in [1.807, 2.05) is 0 Å². The van der Waals surface area contributed by atoms with Gasteiger partial charge in [-0.1, -0.05) is 49.5 Å². The lowest BCUT2D eigenvalue weighted by atomic mass is 9.85. The summed E-state index contributed by atoms with van der Waals surface area (Å²) >= 11 is 1.84. The zero-order valence-electron chi connectivity index (χ0n) is 21.1. The van der Waals surface area contributed by atoms with Gasteiger partial charge in [-0.05, 0) is 59.7 Å². The van der Waals surface area contributed by atoms with E-state index in [0.717, 1.165) is 35.7 Å². The fourth-order valence-electron chi connectivity index (χ4n) is 4.02. The predicted molar refractivity (Wildman–Crippen MR) is 141 cm³/mol. The van der Waals surface area contributed by atoms with Crippen molar-refractivity contribution in [1.82, 2.24) is 9.97 Å². The van der Waals surface area contributed by atoms with E-state index in [2.05, 4.69) is 9.97 Å². The van der Waals surface area contributed by atoms with Gasteiger partial charge in [-0.3, -0.25) is 14.8 Å². The van der Waals surface area contributed by atoms with E-state index in [1.165, 1.54) is 62.9 Å². The third kappa shape index (κ3) is 7.06. The second kappa shape index (κ2) is 12.1. The summed E-state index contributed by atoms with van der Waals surface area (Å²) in [5, 5.41) is 0. The highest BCUT2D eigenvalue weighted by Gasteiger charge is 2.37. The third-order valence-corrected chi connectivity index (χ3v) is 8.39. The maximum absolute atomic E-state index is 13.9. The summed E-state index contributed by atoms with van der Waals surface area (Å²) in [4.78, 5) is 22.1. The average molecular weight is 593 g/mol. The molecule has 0 aliphatic rings. The summed E-state index contributed by atoms with van der Waals surface area (Å²) in [5.74, 6) is -2.47. The van der Waals surface area contributed by atoms with Crippen LogP contribution in [-0.2, 0) is 17.1 Å². The molecule has 208 valence electrons. The van der Waals surface area contributed by atoms with Crippen LogP contribution in [0.1, 0.15) is 47.9 Å². The molecule has 2 aromatic carbocycles. The van der Waals surface area contributed by atoms with Gasteiger partial charge in [-0.15, -0.1) is 0 Å². The summed E-state index contributed by atoms with van der Waals surface area (Å²) < 4.78 is 83.7. The van der Waals surface area contributed by atoms with E-state index in [0.29, 0.717) is 9.79 Å². The van der Waals surface area contributed by atoms with Crippen LogP contribution in [-0.4, -0.2) is 15.8 Å². The number of aromatic nitrogens is 2. The second-order valence-corrected chi connectivity index (χ2v) is 11.2. The number of Topliss-reactive ketones (excluding diaryl/α,β-unsaturated/α-hetero) is 1. The van der Waals surface area contributed by atoms with Gasteiger partial charge in [0.1, 0.15) is 5.78 Å². The Hall–Kier alpha value is -3.31. The number of pyridine rings is 2. The van der Waals surface area contributed by atoms with Crippen LogP contribution in [0.2, 0.25) is 0 Å². The van der Waals surface area contributed by atoms with Crippen molar-refractivity contribution in [3.63, 3.8) is 0 Å². The molecular formula is C29H22F6N2OS2. The monoisotopic (exact) mass is 592 g/mol. The molecule has 0 amide bonds. The molecule has 11 heteroatoms. The summed E-state index contributed by atoms with van der Waals surface area (Å²) in [6.07, 6.45) is -3.46. The van der Waals surface area contributed by atoms with E-state index >= 15 is 0 Å². The van der Waals surface area contributed by atoms with Crippen molar-refractivity contribution in [2.24, 2.45) is 0 Å². The van der Waals surface area contributed by atoms with Crippen LogP contribution < -0.4 is 0 Å². The molecule has 0 N–H and O–H groups in total. The van der Waals surface area contributed by atoms with Gasteiger partial charge in [-0.2, -0.15) is 26.3 Å². The molecule has 2 heterocycles. The Bertz CT molecular complexity index is 1370. The SMILES string of the molecule is CC(C(=O)C(C)c1ccc(Sc2ccncc2)c(C(F)(F)F)c1)c1ccc(Sc2ccncc2)c(C(F)(F)F)c1. The number of carbonyl (C=O) groups excluding carboxylic acids is 1. The third-order valence-electron chi connectivity index (χ3n) is 6.23. The van der Waals surface area contributed by atoms with E-state index in [1.54, 1.807) is 24.3 Å². The molecule has 40 heavy (non-hydrogen) atoms. The zero-order chi connectivity index (χ0) is 29.1. The highest BCUT2D eigenvalue weighted by Crippen LogP contribution is 2.43. The molecule has 0 saturated carbocycles. The van der Waals surface area contributed by atoms with Crippen LogP contribution in [0.5, 0.6) is 0 Å². The summed E-state index contributed by atoms with van der Waals surface area (Å²) in [5.41, 5.74) is -1.53. The van der Waals surface area contributed by atoms with Crippen molar-refractivity contribution >= 4 is 29.3 Å². The molecule has 4 rings (SSSR count). The van der Waals surface area contributed by atoms with Gasteiger partial charge < -0.3 is 0 Å². The fraction of sp³-hybridized carbons (Fsp3) is 0.207. The molecule has 0 saturated heterocycles. The number of rotatable bonds is 8. The number of carbonyl (C=O) groups is 1. The van der Waals surface area contributed by atoms with E-state index in [9.17, 15) is 31.1 Å². The summed E-state index contributed by atoms with van der Waals surface area (Å²) in [6, 6.07) is 13.7. The number of benzene rings is 2. The van der Waals surface area contributed by atoms with E-state index in [-0.39, 0.29) is 20.9 Å². The first-order valence-corrected chi connectivity index (χ1v) is 13.6. The number of halogens is 6. The van der Waals surface area contributed by atoms with Gasteiger partial charge in [0.25, 0.3) is 0 Å². The molecule has 2 atom stereocenters. The number of alkyl halides is 6. The van der Waals surface area contributed by atoms with Gasteiger partial charge in [0.2, 0.25) is 0 Å². The minimum Gasteiger partial charge on any atom is -0.298 e. The van der Waals surface area contributed by atoms with Crippen molar-refractivity contribution < 1.29 is 31.1 Å². The number of hydrogen-bond acceptors (Lipinski definition) is 5. The molecule has 0 radical (unpaired) electrons. The van der Waals surface area contributed by atoms with Crippen LogP contribution in [0.4, 0.5) is 26.3 Å². The molecule has 0 bridgehead atoms. The van der Waals surface area contributed by atoms with Crippen LogP contribution in [0.3, 0.4) is 0 Å². The van der Waals surface area contributed by atoms with Gasteiger partial charge in [-0.25, -0.2) is 0 Å². The number of ketones is 1. The van der Waals surface area contributed by atoms with E-state index < -0.39 is 41.1 Å². The van der Waals surface area contributed by atoms with Crippen LogP contribution in [0.25, 0.3) is 0 Å². The number of hydrogen-bond donors (Lipinski definition) is 0. The van der Waals surface area contributed by atoms with E-state index in [4.69, 9.17) is 0 Å². The van der Waals surface area contributed by atoms with Gasteiger partial charge in [0.05, 0.1) is 11.1 Å². The van der Waals surface area contributed by atoms with Crippen molar-refractivity contribution in [2.45, 2.75) is 57.6 Å². The Kier molecular flexibility index (Phi) is 8.94. The molecule has 0 aliphatic heterocycles. The Morgan fingerprint density at radius 1 is 0.625 bits per heavy atom. The maximum atomic E-state index is 13.9. The Morgan fingerprint density at radius 3 is 1.30 bits per heavy atom. The highest BCUT2D eigenvalue weighted by atomic mass is 32.2. The average Bonchev–Trinajstić information content (AvgIpc) is 2.92. The van der Waals surface area contributed by atoms with Gasteiger partial charge in [0, 0.05) is 56.2 Å². The fourth-order valence-corrected chi connectivity index (χ4v) is 5.89. The van der Waals surface area contributed by atoms with Crippen LogP contribution in [0.15, 0.2) is 105 Å². The molecular weight excluding hydrogens is 570 g/mol. The first-order chi connectivity index (χ1) is 18.8. The van der Waals surface area contributed by atoms with Crippen molar-refractivity contribution in [3.05, 3.63) is 108 Å². The highest BCUT2D eigenvalue weighted by molar-refractivity contribution is 7.99. The minimum absolute atomic E-state index is 0.0350. The standard InChI is InChI=1S/C29H22F6N2OS2/c1-17(19-3-5-25(23(15-19)28(30,31)32)39-21-7-11-36-12-8-21)27(38)18(2)20-4-6-26(24(16-20)29(33,34)35)40-22-9-13-37-14-10-22/h3-18H,1-2H3. The minimum atomic E-state index is -4.68. The molecule has 0 aliphatic carbocycles. The summed E-state index contributed by atoms with van der Waals surface area (Å²) in [6.45, 7) is 2.92. The topological polar surface area (TPSA) is 42.9 Å². The molecule has 2 unspecified atom stereocenters. The lowest BCUT2D eigenvalue weighted by Gasteiger charge is -2.21. The Morgan fingerprint density at radius 2 is 0.975 bits per heavy atom. The van der Waals surface area contributed by atoms with Gasteiger partial charge >= 0.3 is 12.4 Å². The first kappa shape index (κ1) is 29.7. The zero-order valence-corrected chi connectivity index (χ0v) is 22.8. The van der Waals surface area contributed by atoms with Crippen LogP contribution >= 0.6 is 23.5 Å². The van der Waals surface area contributed by atoms with Crippen molar-refractivity contribution in [1.29, 1.82) is 0 Å².